The lowest BCUT2D eigenvalue weighted by atomic mass is 10.1. The van der Waals surface area contributed by atoms with Gasteiger partial charge in [-0.15, -0.1) is 0 Å². The number of aromatic nitrogens is 2. The highest BCUT2D eigenvalue weighted by molar-refractivity contribution is 5.88. The molecule has 0 spiro atoms. The van der Waals surface area contributed by atoms with Gasteiger partial charge in [-0.3, -0.25) is 20.0 Å². The SMILES string of the molecule is C=c1[nH]n(-c2cccc(C(=O)O)c2)c(=O)/c1=C/c1ccc([O-])c(OCC)c1[N+](=O)[O-]. The molecular formula is C20H16N3O7-. The molecule has 1 aromatic heterocycles. The van der Waals surface area contributed by atoms with Gasteiger partial charge in [-0.2, -0.15) is 0 Å². The zero-order chi connectivity index (χ0) is 22.0. The number of hydrogen-bond acceptors (Lipinski definition) is 6. The number of nitrogens with one attached hydrogen (secondary N) is 1. The van der Waals surface area contributed by atoms with Crippen molar-refractivity contribution in [3.63, 3.8) is 0 Å². The summed E-state index contributed by atoms with van der Waals surface area (Å²) < 4.78 is 6.22. The normalized spacial score (nSPS) is 11.4. The van der Waals surface area contributed by atoms with E-state index in [1.165, 1.54) is 36.4 Å². The van der Waals surface area contributed by atoms with Crippen molar-refractivity contribution < 1.29 is 24.7 Å². The van der Waals surface area contributed by atoms with Crippen LogP contribution in [0.2, 0.25) is 0 Å². The number of rotatable bonds is 6. The number of hydrogen-bond donors (Lipinski definition) is 2. The molecule has 10 heteroatoms. The van der Waals surface area contributed by atoms with Crippen LogP contribution in [-0.2, 0) is 0 Å². The molecule has 154 valence electrons. The highest BCUT2D eigenvalue weighted by Gasteiger charge is 2.21. The number of carbonyl (C=O) groups is 1. The molecule has 3 rings (SSSR count). The molecular weight excluding hydrogens is 394 g/mol. The van der Waals surface area contributed by atoms with E-state index < -0.39 is 33.6 Å². The summed E-state index contributed by atoms with van der Waals surface area (Å²) in [6.45, 7) is 5.38. The first-order valence-electron chi connectivity index (χ1n) is 8.71. The molecule has 0 saturated heterocycles. The van der Waals surface area contributed by atoms with Gasteiger partial charge in [0.1, 0.15) is 0 Å². The van der Waals surface area contributed by atoms with Gasteiger partial charge in [0, 0.05) is 0 Å². The molecule has 2 N–H and O–H groups in total. The summed E-state index contributed by atoms with van der Waals surface area (Å²) in [5.74, 6) is -2.21. The second-order valence-corrected chi connectivity index (χ2v) is 6.17. The smallest absolute Gasteiger partial charge is 0.335 e. The van der Waals surface area contributed by atoms with Crippen LogP contribution in [0.5, 0.6) is 11.5 Å². The van der Waals surface area contributed by atoms with Crippen LogP contribution in [0.3, 0.4) is 0 Å². The summed E-state index contributed by atoms with van der Waals surface area (Å²) in [5, 5.41) is 35.6. The third kappa shape index (κ3) is 3.65. The second kappa shape index (κ2) is 7.95. The molecule has 3 aromatic rings. The minimum atomic E-state index is -1.16. The van der Waals surface area contributed by atoms with Gasteiger partial charge in [0.15, 0.2) is 5.75 Å². The van der Waals surface area contributed by atoms with Gasteiger partial charge < -0.3 is 14.9 Å². The molecule has 0 saturated carbocycles. The summed E-state index contributed by atoms with van der Waals surface area (Å²) in [7, 11) is 0. The second-order valence-electron chi connectivity index (χ2n) is 6.17. The number of nitro benzene ring substituents is 1. The fraction of sp³-hybridized carbons (Fsp3) is 0.100. The third-order valence-corrected chi connectivity index (χ3v) is 4.25. The average Bonchev–Trinajstić information content (AvgIpc) is 2.98. The molecule has 0 fully saturated rings. The van der Waals surface area contributed by atoms with Gasteiger partial charge >= 0.3 is 11.7 Å². The van der Waals surface area contributed by atoms with E-state index in [1.807, 2.05) is 0 Å². The van der Waals surface area contributed by atoms with Crippen molar-refractivity contribution in [2.75, 3.05) is 6.61 Å². The van der Waals surface area contributed by atoms with Crippen LogP contribution in [-0.4, -0.2) is 32.4 Å². The van der Waals surface area contributed by atoms with Crippen molar-refractivity contribution in [2.45, 2.75) is 6.92 Å². The van der Waals surface area contributed by atoms with Crippen molar-refractivity contribution in [2.24, 2.45) is 0 Å². The number of aromatic carboxylic acids is 1. The Morgan fingerprint density at radius 3 is 2.73 bits per heavy atom. The minimum absolute atomic E-state index is 0.00418. The first-order valence-corrected chi connectivity index (χ1v) is 8.71. The Bertz CT molecular complexity index is 1320. The molecule has 0 bridgehead atoms. The fourth-order valence-corrected chi connectivity index (χ4v) is 2.92. The molecule has 0 aliphatic heterocycles. The highest BCUT2D eigenvalue weighted by atomic mass is 16.6. The summed E-state index contributed by atoms with van der Waals surface area (Å²) >= 11 is 0. The first-order chi connectivity index (χ1) is 14.2. The Balaban J connectivity index is 2.25. The van der Waals surface area contributed by atoms with E-state index in [-0.39, 0.29) is 34.0 Å². The maximum absolute atomic E-state index is 12.9. The molecule has 0 atom stereocenters. The first kappa shape index (κ1) is 20.4. The van der Waals surface area contributed by atoms with Gasteiger partial charge in [-0.25, -0.2) is 9.48 Å². The van der Waals surface area contributed by atoms with Crippen molar-refractivity contribution in [1.82, 2.24) is 9.78 Å². The van der Waals surface area contributed by atoms with E-state index in [4.69, 9.17) is 9.84 Å². The van der Waals surface area contributed by atoms with Crippen LogP contribution in [0.4, 0.5) is 5.69 Å². The number of carboxylic acids is 1. The van der Waals surface area contributed by atoms with E-state index in [9.17, 15) is 24.8 Å². The van der Waals surface area contributed by atoms with Crippen LogP contribution >= 0.6 is 0 Å². The highest BCUT2D eigenvalue weighted by Crippen LogP contribution is 2.37. The Labute approximate surface area is 168 Å². The Morgan fingerprint density at radius 2 is 2.10 bits per heavy atom. The maximum atomic E-state index is 12.9. The summed E-state index contributed by atoms with van der Waals surface area (Å²) in [4.78, 5) is 34.9. The van der Waals surface area contributed by atoms with Crippen molar-refractivity contribution in [3.8, 4) is 17.2 Å². The molecule has 0 aliphatic carbocycles. The summed E-state index contributed by atoms with van der Waals surface area (Å²) in [5.41, 5.74) is -0.919. The van der Waals surface area contributed by atoms with Crippen LogP contribution in [0.25, 0.3) is 18.3 Å². The van der Waals surface area contributed by atoms with E-state index in [1.54, 1.807) is 6.92 Å². The predicted molar refractivity (Wildman–Crippen MR) is 105 cm³/mol. The molecule has 0 radical (unpaired) electrons. The average molecular weight is 410 g/mol. The monoisotopic (exact) mass is 410 g/mol. The predicted octanol–water partition coefficient (Wildman–Crippen LogP) is 0.483. The molecule has 1 heterocycles. The Hall–Kier alpha value is -4.34. The number of nitrogens with zero attached hydrogens (tertiary/aromatic N) is 2. The van der Waals surface area contributed by atoms with Crippen LogP contribution in [0, 0.1) is 10.1 Å². The van der Waals surface area contributed by atoms with Crippen molar-refractivity contribution >= 4 is 24.3 Å². The van der Waals surface area contributed by atoms with Gasteiger partial charge in [0.05, 0.1) is 38.9 Å². The topological polar surface area (TPSA) is 151 Å². The standard InChI is InChI=1S/C20H17N3O7/c1-3-30-18-16(24)8-7-12(17(18)23(28)29)10-15-11(2)21-22(19(15)25)14-6-4-5-13(9-14)20(26)27/h4-10,21,24H,2-3H2,1H3,(H,26,27)/p-1/b15-10+. The Morgan fingerprint density at radius 1 is 1.37 bits per heavy atom. The summed E-state index contributed by atoms with van der Waals surface area (Å²) in [6, 6.07) is 8.02. The van der Waals surface area contributed by atoms with Gasteiger partial charge in [-0.05, 0) is 37.3 Å². The van der Waals surface area contributed by atoms with Crippen LogP contribution in [0.1, 0.15) is 22.8 Å². The maximum Gasteiger partial charge on any atom is 0.335 e. The number of H-pyrrole nitrogens is 1. The number of aromatic amines is 1. The lowest BCUT2D eigenvalue weighted by Gasteiger charge is -2.14. The van der Waals surface area contributed by atoms with E-state index in [0.717, 1.165) is 10.7 Å². The molecule has 0 unspecified atom stereocenters. The molecule has 0 amide bonds. The van der Waals surface area contributed by atoms with E-state index >= 15 is 0 Å². The zero-order valence-corrected chi connectivity index (χ0v) is 15.7. The van der Waals surface area contributed by atoms with E-state index in [2.05, 4.69) is 11.7 Å². The third-order valence-electron chi connectivity index (χ3n) is 4.25. The molecule has 2 aromatic carbocycles. The quantitative estimate of drug-likeness (QED) is 0.443. The Kier molecular flexibility index (Phi) is 5.41. The largest absolute Gasteiger partial charge is 0.870 e. The summed E-state index contributed by atoms with van der Waals surface area (Å²) in [6.07, 6.45) is 1.23. The number of nitro groups is 1. The molecule has 30 heavy (non-hydrogen) atoms. The number of benzene rings is 2. The minimum Gasteiger partial charge on any atom is -0.870 e. The zero-order valence-electron chi connectivity index (χ0n) is 15.7. The van der Waals surface area contributed by atoms with Crippen molar-refractivity contribution in [3.05, 3.63) is 78.6 Å². The molecule has 10 nitrogen and oxygen atoms in total. The number of carboxylic acid groups (broad SMARTS) is 1. The van der Waals surface area contributed by atoms with Gasteiger partial charge in [0.2, 0.25) is 0 Å². The molecule has 0 aliphatic rings. The van der Waals surface area contributed by atoms with Crippen LogP contribution in [0.15, 0.2) is 41.2 Å². The van der Waals surface area contributed by atoms with Crippen LogP contribution < -0.4 is 26.0 Å². The fourth-order valence-electron chi connectivity index (χ4n) is 2.92. The van der Waals surface area contributed by atoms with Gasteiger partial charge in [0.25, 0.3) is 5.56 Å². The lowest BCUT2D eigenvalue weighted by molar-refractivity contribution is -0.387. The van der Waals surface area contributed by atoms with E-state index in [0.29, 0.717) is 0 Å². The van der Waals surface area contributed by atoms with Crippen molar-refractivity contribution in [1.29, 1.82) is 0 Å². The lowest BCUT2D eigenvalue weighted by Crippen LogP contribution is -2.34. The van der Waals surface area contributed by atoms with Gasteiger partial charge in [-0.1, -0.05) is 24.5 Å². The number of ether oxygens (including phenoxy) is 1.